The van der Waals surface area contributed by atoms with Gasteiger partial charge in [0.25, 0.3) is 0 Å². The number of nitrogens with two attached hydrogens (primary N) is 1. The lowest BCUT2D eigenvalue weighted by Gasteiger charge is -2.38. The van der Waals surface area contributed by atoms with Gasteiger partial charge >= 0.3 is 0 Å². The van der Waals surface area contributed by atoms with Gasteiger partial charge in [-0.3, -0.25) is 4.79 Å². The normalized spacial score (nSPS) is 14.7. The van der Waals surface area contributed by atoms with Crippen LogP contribution in [0, 0.1) is 23.0 Å². The van der Waals surface area contributed by atoms with Gasteiger partial charge in [0, 0.05) is 38.5 Å². The molecule has 11 nitrogen and oxygen atoms in total. The third-order valence-corrected chi connectivity index (χ3v) is 6.59. The van der Waals surface area contributed by atoms with E-state index in [0.29, 0.717) is 61.1 Å². The number of aromatic nitrogens is 4. The molecule has 1 amide bonds. The second kappa shape index (κ2) is 10.7. The first-order valence-corrected chi connectivity index (χ1v) is 12.6. The number of amides is 1. The second-order valence-corrected chi connectivity index (χ2v) is 9.76. The molecular formula is C26H29F2N9O2. The molecule has 4 N–H and O–H groups in total. The van der Waals surface area contributed by atoms with Crippen LogP contribution in [0.2, 0.25) is 0 Å². The molecule has 1 atom stereocenters. The molecule has 1 aliphatic heterocycles. The fourth-order valence-electron chi connectivity index (χ4n) is 4.71. The van der Waals surface area contributed by atoms with Gasteiger partial charge in [-0.25, -0.2) is 13.8 Å². The number of hydrogen-bond donors (Lipinski definition) is 3. The standard InChI is InChI=1S/C26H29F2N9O2/c1-15(2)12-19(25(38)36-9-7-35(8-10-36)20-6-5-16(27)13-18(20)28)31-22-17(14-29)24-32-23(21-4-3-11-39-21)34-37(24)26(30)33-22/h3-6,11,13-15,19,29,31H,7-10,12H2,1-2H3,(H2,30,33). The Labute approximate surface area is 223 Å². The molecule has 13 heteroatoms. The molecule has 204 valence electrons. The molecule has 39 heavy (non-hydrogen) atoms. The van der Waals surface area contributed by atoms with Gasteiger partial charge in [0.2, 0.25) is 17.7 Å². The third-order valence-electron chi connectivity index (χ3n) is 6.59. The number of carbonyl (C=O) groups is 1. The summed E-state index contributed by atoms with van der Waals surface area (Å²) >= 11 is 0. The minimum absolute atomic E-state index is 0.0362. The van der Waals surface area contributed by atoms with Crippen molar-refractivity contribution in [2.45, 2.75) is 26.3 Å². The SMILES string of the molecule is CC(C)CC(Nc1nc(N)n2nc(-c3ccco3)nc2c1C=N)C(=O)N1CCN(c2ccc(F)cc2F)CC1. The second-order valence-electron chi connectivity index (χ2n) is 9.76. The van der Waals surface area contributed by atoms with E-state index in [1.165, 1.54) is 22.9 Å². The van der Waals surface area contributed by atoms with Crippen molar-refractivity contribution in [3.05, 3.63) is 53.8 Å². The number of halogens is 2. The zero-order chi connectivity index (χ0) is 27.7. The summed E-state index contributed by atoms with van der Waals surface area (Å²) in [4.78, 5) is 26.1. The van der Waals surface area contributed by atoms with E-state index in [-0.39, 0.29) is 23.6 Å². The van der Waals surface area contributed by atoms with E-state index >= 15 is 0 Å². The van der Waals surface area contributed by atoms with E-state index in [1.807, 2.05) is 13.8 Å². The molecule has 5 rings (SSSR count). The molecule has 0 saturated carbocycles. The molecule has 1 unspecified atom stereocenters. The molecule has 3 aromatic heterocycles. The number of benzene rings is 1. The van der Waals surface area contributed by atoms with Crippen molar-refractivity contribution in [3.8, 4) is 11.6 Å². The Hall–Kier alpha value is -4.55. The summed E-state index contributed by atoms with van der Waals surface area (Å²) in [6, 6.07) is 6.27. The molecule has 0 aliphatic carbocycles. The minimum atomic E-state index is -0.653. The van der Waals surface area contributed by atoms with Crippen LogP contribution >= 0.6 is 0 Å². The fraction of sp³-hybridized carbons (Fsp3) is 0.346. The highest BCUT2D eigenvalue weighted by molar-refractivity contribution is 5.94. The van der Waals surface area contributed by atoms with Crippen LogP contribution in [0.4, 0.5) is 26.2 Å². The highest BCUT2D eigenvalue weighted by Gasteiger charge is 2.30. The molecule has 0 spiro atoms. The Balaban J connectivity index is 1.38. The Morgan fingerprint density at radius 2 is 1.97 bits per heavy atom. The van der Waals surface area contributed by atoms with Gasteiger partial charge in [-0.05, 0) is 36.6 Å². The number of nitrogens with zero attached hydrogens (tertiary/aromatic N) is 6. The van der Waals surface area contributed by atoms with Gasteiger partial charge in [-0.2, -0.15) is 9.50 Å². The maximum Gasteiger partial charge on any atom is 0.245 e. The number of nitrogen functional groups attached to an aromatic ring is 1. The number of carbonyl (C=O) groups excluding carboxylic acids is 1. The van der Waals surface area contributed by atoms with Crippen molar-refractivity contribution in [1.82, 2.24) is 24.5 Å². The lowest BCUT2D eigenvalue weighted by molar-refractivity contribution is -0.132. The predicted molar refractivity (Wildman–Crippen MR) is 143 cm³/mol. The maximum absolute atomic E-state index is 14.3. The summed E-state index contributed by atoms with van der Waals surface area (Å²) in [7, 11) is 0. The summed E-state index contributed by atoms with van der Waals surface area (Å²) in [6.07, 6.45) is 3.10. The number of furan rings is 1. The van der Waals surface area contributed by atoms with Gasteiger partial charge in [0.1, 0.15) is 23.5 Å². The van der Waals surface area contributed by atoms with Crippen LogP contribution in [0.1, 0.15) is 25.8 Å². The Morgan fingerprint density at radius 1 is 1.21 bits per heavy atom. The zero-order valence-corrected chi connectivity index (χ0v) is 21.6. The van der Waals surface area contributed by atoms with Crippen LogP contribution in [0.25, 0.3) is 17.2 Å². The molecule has 4 aromatic rings. The molecule has 4 heterocycles. The maximum atomic E-state index is 14.3. The van der Waals surface area contributed by atoms with Crippen molar-refractivity contribution in [2.24, 2.45) is 5.92 Å². The third kappa shape index (κ3) is 5.24. The largest absolute Gasteiger partial charge is 0.461 e. The van der Waals surface area contributed by atoms with Crippen LogP contribution in [-0.2, 0) is 4.79 Å². The Morgan fingerprint density at radius 3 is 2.62 bits per heavy atom. The van der Waals surface area contributed by atoms with E-state index in [4.69, 9.17) is 15.6 Å². The van der Waals surface area contributed by atoms with Gasteiger partial charge < -0.3 is 30.7 Å². The first kappa shape index (κ1) is 26.1. The van der Waals surface area contributed by atoms with Crippen LogP contribution in [-0.4, -0.2) is 68.8 Å². The Bertz CT molecular complexity index is 1500. The van der Waals surface area contributed by atoms with Crippen molar-refractivity contribution in [2.75, 3.05) is 42.1 Å². The quantitative estimate of drug-likeness (QED) is 0.290. The molecule has 1 saturated heterocycles. The van der Waals surface area contributed by atoms with Crippen molar-refractivity contribution < 1.29 is 18.0 Å². The molecule has 0 bridgehead atoms. The number of piperazine rings is 1. The Kier molecular flexibility index (Phi) is 7.13. The average molecular weight is 538 g/mol. The van der Waals surface area contributed by atoms with Crippen molar-refractivity contribution >= 4 is 35.2 Å². The average Bonchev–Trinajstić information content (AvgIpc) is 3.59. The van der Waals surface area contributed by atoms with Crippen LogP contribution in [0.15, 0.2) is 41.0 Å². The number of nitrogens with one attached hydrogen (secondary N) is 2. The number of anilines is 3. The van der Waals surface area contributed by atoms with Crippen molar-refractivity contribution in [1.29, 1.82) is 5.41 Å². The predicted octanol–water partition coefficient (Wildman–Crippen LogP) is 3.42. The van der Waals surface area contributed by atoms with Gasteiger partial charge in [0.15, 0.2) is 11.4 Å². The van der Waals surface area contributed by atoms with Crippen LogP contribution in [0.3, 0.4) is 0 Å². The topological polar surface area (TPSA) is 142 Å². The van der Waals surface area contributed by atoms with Crippen LogP contribution in [0.5, 0.6) is 0 Å². The summed E-state index contributed by atoms with van der Waals surface area (Å²) < 4.78 is 34.3. The van der Waals surface area contributed by atoms with E-state index in [9.17, 15) is 13.6 Å². The number of fused-ring (bicyclic) bond motifs is 1. The smallest absolute Gasteiger partial charge is 0.245 e. The highest BCUT2D eigenvalue weighted by Crippen LogP contribution is 2.26. The van der Waals surface area contributed by atoms with Gasteiger partial charge in [0.05, 0.1) is 17.5 Å². The molecule has 1 aromatic carbocycles. The van der Waals surface area contributed by atoms with E-state index in [1.54, 1.807) is 21.9 Å². The van der Waals surface area contributed by atoms with Gasteiger partial charge in [-0.15, -0.1) is 5.10 Å². The lowest BCUT2D eigenvalue weighted by atomic mass is 10.0. The van der Waals surface area contributed by atoms with E-state index < -0.39 is 17.7 Å². The van der Waals surface area contributed by atoms with Crippen LogP contribution < -0.4 is 16.0 Å². The first-order valence-electron chi connectivity index (χ1n) is 12.6. The molecular weight excluding hydrogens is 508 g/mol. The van der Waals surface area contributed by atoms with E-state index in [2.05, 4.69) is 20.4 Å². The lowest BCUT2D eigenvalue weighted by Crippen LogP contribution is -2.53. The molecule has 1 fully saturated rings. The molecule has 1 aliphatic rings. The minimum Gasteiger partial charge on any atom is -0.461 e. The number of hydrogen-bond acceptors (Lipinski definition) is 9. The zero-order valence-electron chi connectivity index (χ0n) is 21.6. The monoisotopic (exact) mass is 537 g/mol. The summed E-state index contributed by atoms with van der Waals surface area (Å²) in [6.45, 7) is 5.56. The van der Waals surface area contributed by atoms with E-state index in [0.717, 1.165) is 12.3 Å². The fourth-order valence-corrected chi connectivity index (χ4v) is 4.71. The first-order chi connectivity index (χ1) is 18.7. The summed E-state index contributed by atoms with van der Waals surface area (Å²) in [5, 5.41) is 15.6. The molecule has 0 radical (unpaired) electrons. The van der Waals surface area contributed by atoms with Gasteiger partial charge in [-0.1, -0.05) is 13.8 Å². The number of rotatable bonds is 8. The highest BCUT2D eigenvalue weighted by atomic mass is 19.1. The summed E-state index contributed by atoms with van der Waals surface area (Å²) in [5.74, 6) is -0.214. The van der Waals surface area contributed by atoms with Crippen molar-refractivity contribution in [3.63, 3.8) is 0 Å². The summed E-state index contributed by atoms with van der Waals surface area (Å²) in [5.41, 5.74) is 7.12.